The van der Waals surface area contributed by atoms with Crippen LogP contribution in [0.5, 0.6) is 0 Å². The van der Waals surface area contributed by atoms with Crippen molar-refractivity contribution in [3.05, 3.63) is 107 Å². The van der Waals surface area contributed by atoms with Crippen LogP contribution in [0.2, 0.25) is 0 Å². The van der Waals surface area contributed by atoms with E-state index in [0.29, 0.717) is 11.1 Å². The Balaban J connectivity index is 1.71. The van der Waals surface area contributed by atoms with E-state index in [9.17, 15) is 4.39 Å². The van der Waals surface area contributed by atoms with E-state index in [0.717, 1.165) is 28.7 Å². The number of rotatable bonds is 7. The summed E-state index contributed by atoms with van der Waals surface area (Å²) in [7, 11) is 2.08. The molecule has 3 aromatic rings. The monoisotopic (exact) mass is 423 g/mol. The van der Waals surface area contributed by atoms with Crippen LogP contribution in [0.1, 0.15) is 22.9 Å². The predicted octanol–water partition coefficient (Wildman–Crippen LogP) is 6.79. The van der Waals surface area contributed by atoms with E-state index in [1.165, 1.54) is 5.56 Å². The maximum atomic E-state index is 14.7. The number of nitrogens with zero attached hydrogens (tertiary/aromatic N) is 1. The minimum atomic E-state index is -1.12. The summed E-state index contributed by atoms with van der Waals surface area (Å²) in [6, 6.07) is 23.6. The van der Waals surface area contributed by atoms with Gasteiger partial charge < -0.3 is 0 Å². The first-order chi connectivity index (χ1) is 13.1. The second kappa shape index (κ2) is 9.12. The van der Waals surface area contributed by atoms with Crippen molar-refractivity contribution in [2.45, 2.75) is 12.7 Å². The third-order valence-corrected chi connectivity index (χ3v) is 5.08. The molecule has 0 N–H and O–H groups in total. The zero-order chi connectivity index (χ0) is 19.2. The summed E-state index contributed by atoms with van der Waals surface area (Å²) < 4.78 is 15.7. The first kappa shape index (κ1) is 19.5. The molecule has 0 radical (unpaired) electrons. The van der Waals surface area contributed by atoms with Crippen LogP contribution in [-0.2, 0) is 6.54 Å². The van der Waals surface area contributed by atoms with E-state index in [-0.39, 0.29) is 0 Å². The summed E-state index contributed by atoms with van der Waals surface area (Å²) in [6.45, 7) is 5.53. The third-order valence-electron chi connectivity index (χ3n) is 4.55. The van der Waals surface area contributed by atoms with Crippen molar-refractivity contribution < 1.29 is 4.39 Å². The van der Waals surface area contributed by atoms with Crippen molar-refractivity contribution in [3.8, 4) is 11.1 Å². The molecule has 1 nitrogen and oxygen atoms in total. The SMILES string of the molecule is C=CCN(C)Cc1ccc(-c2ccc(C(F)c3ccc(Br)cc3)cc2)cc1. The molecule has 0 spiro atoms. The zero-order valence-electron chi connectivity index (χ0n) is 15.4. The van der Waals surface area contributed by atoms with Gasteiger partial charge in [-0.05, 0) is 47.0 Å². The molecule has 0 fully saturated rings. The van der Waals surface area contributed by atoms with Gasteiger partial charge in [0.1, 0.15) is 0 Å². The summed E-state index contributed by atoms with van der Waals surface area (Å²) in [5.74, 6) is 0. The van der Waals surface area contributed by atoms with Gasteiger partial charge in [0, 0.05) is 17.6 Å². The van der Waals surface area contributed by atoms with Gasteiger partial charge in [-0.25, -0.2) is 4.39 Å². The lowest BCUT2D eigenvalue weighted by molar-refractivity contribution is 0.364. The summed E-state index contributed by atoms with van der Waals surface area (Å²) in [5.41, 5.74) is 4.82. The van der Waals surface area contributed by atoms with Gasteiger partial charge in [-0.1, -0.05) is 82.7 Å². The molecule has 3 heteroatoms. The summed E-state index contributed by atoms with van der Waals surface area (Å²) in [5, 5.41) is 0. The smallest absolute Gasteiger partial charge is 0.150 e. The molecule has 0 aliphatic heterocycles. The Hall–Kier alpha value is -2.23. The van der Waals surface area contributed by atoms with E-state index in [2.05, 4.69) is 58.7 Å². The molecule has 0 aliphatic carbocycles. The highest BCUT2D eigenvalue weighted by Crippen LogP contribution is 2.29. The van der Waals surface area contributed by atoms with Crippen LogP contribution >= 0.6 is 15.9 Å². The second-order valence-corrected chi connectivity index (χ2v) is 7.63. The van der Waals surface area contributed by atoms with Gasteiger partial charge in [0.05, 0.1) is 0 Å². The fraction of sp³-hybridized carbons (Fsp3) is 0.167. The molecule has 0 saturated heterocycles. The van der Waals surface area contributed by atoms with Crippen molar-refractivity contribution in [3.63, 3.8) is 0 Å². The Morgan fingerprint density at radius 1 is 0.889 bits per heavy atom. The highest BCUT2D eigenvalue weighted by Gasteiger charge is 2.12. The van der Waals surface area contributed by atoms with E-state index in [1.54, 1.807) is 0 Å². The zero-order valence-corrected chi connectivity index (χ0v) is 17.0. The molecular weight excluding hydrogens is 401 g/mol. The summed E-state index contributed by atoms with van der Waals surface area (Å²) in [4.78, 5) is 2.21. The third kappa shape index (κ3) is 5.15. The average molecular weight is 424 g/mol. The molecule has 0 bridgehead atoms. The molecule has 0 aliphatic rings. The van der Waals surface area contributed by atoms with Gasteiger partial charge in [-0.2, -0.15) is 0 Å². The summed E-state index contributed by atoms with van der Waals surface area (Å²) in [6.07, 6.45) is 0.789. The Morgan fingerprint density at radius 2 is 1.37 bits per heavy atom. The maximum Gasteiger partial charge on any atom is 0.150 e. The van der Waals surface area contributed by atoms with E-state index >= 15 is 0 Å². The lowest BCUT2D eigenvalue weighted by Gasteiger charge is -2.14. The van der Waals surface area contributed by atoms with Gasteiger partial charge in [0.2, 0.25) is 0 Å². The number of benzene rings is 3. The Morgan fingerprint density at radius 3 is 1.89 bits per heavy atom. The molecule has 3 aromatic carbocycles. The predicted molar refractivity (Wildman–Crippen MR) is 116 cm³/mol. The molecular formula is C24H23BrFN. The van der Waals surface area contributed by atoms with Crippen molar-refractivity contribution in [1.29, 1.82) is 0 Å². The molecule has 27 heavy (non-hydrogen) atoms. The number of hydrogen-bond acceptors (Lipinski definition) is 1. The molecule has 138 valence electrons. The molecule has 0 heterocycles. The molecule has 1 unspecified atom stereocenters. The largest absolute Gasteiger partial charge is 0.298 e. The van der Waals surface area contributed by atoms with Gasteiger partial charge in [0.15, 0.2) is 6.17 Å². The molecule has 0 amide bonds. The maximum absolute atomic E-state index is 14.7. The number of halogens is 2. The van der Waals surface area contributed by atoms with Crippen molar-refractivity contribution in [2.24, 2.45) is 0 Å². The second-order valence-electron chi connectivity index (χ2n) is 6.72. The Bertz CT molecular complexity index is 870. The highest BCUT2D eigenvalue weighted by molar-refractivity contribution is 9.10. The first-order valence-corrected chi connectivity index (χ1v) is 9.74. The summed E-state index contributed by atoms with van der Waals surface area (Å²) >= 11 is 3.38. The van der Waals surface area contributed by atoms with Crippen LogP contribution in [0.3, 0.4) is 0 Å². The fourth-order valence-corrected chi connectivity index (χ4v) is 3.33. The Kier molecular flexibility index (Phi) is 6.59. The van der Waals surface area contributed by atoms with Gasteiger partial charge >= 0.3 is 0 Å². The van der Waals surface area contributed by atoms with Gasteiger partial charge in [0.25, 0.3) is 0 Å². The fourth-order valence-electron chi connectivity index (χ4n) is 3.07. The van der Waals surface area contributed by atoms with Gasteiger partial charge in [-0.3, -0.25) is 4.90 Å². The molecule has 0 saturated carbocycles. The van der Waals surface area contributed by atoms with Crippen molar-refractivity contribution >= 4 is 15.9 Å². The van der Waals surface area contributed by atoms with Crippen LogP contribution in [0.4, 0.5) is 4.39 Å². The first-order valence-electron chi connectivity index (χ1n) is 8.95. The lowest BCUT2D eigenvalue weighted by atomic mass is 9.98. The van der Waals surface area contributed by atoms with Crippen LogP contribution in [0, 0.1) is 0 Å². The molecule has 3 rings (SSSR count). The van der Waals surface area contributed by atoms with Crippen molar-refractivity contribution in [2.75, 3.05) is 13.6 Å². The van der Waals surface area contributed by atoms with Crippen LogP contribution in [0.25, 0.3) is 11.1 Å². The quantitative estimate of drug-likeness (QED) is 0.378. The van der Waals surface area contributed by atoms with Crippen LogP contribution < -0.4 is 0 Å². The van der Waals surface area contributed by atoms with E-state index < -0.39 is 6.17 Å². The minimum Gasteiger partial charge on any atom is -0.298 e. The normalized spacial score (nSPS) is 12.1. The van der Waals surface area contributed by atoms with E-state index in [4.69, 9.17) is 0 Å². The van der Waals surface area contributed by atoms with Crippen LogP contribution in [-0.4, -0.2) is 18.5 Å². The minimum absolute atomic E-state index is 0.666. The van der Waals surface area contributed by atoms with Crippen molar-refractivity contribution in [1.82, 2.24) is 4.90 Å². The number of hydrogen-bond donors (Lipinski definition) is 0. The number of alkyl halides is 1. The van der Waals surface area contributed by atoms with Crippen LogP contribution in [0.15, 0.2) is 89.9 Å². The highest BCUT2D eigenvalue weighted by atomic mass is 79.9. The molecule has 1 atom stereocenters. The lowest BCUT2D eigenvalue weighted by Crippen LogP contribution is -2.17. The topological polar surface area (TPSA) is 3.24 Å². The van der Waals surface area contributed by atoms with Gasteiger partial charge in [-0.15, -0.1) is 6.58 Å². The molecule has 0 aromatic heterocycles. The Labute approximate surface area is 169 Å². The number of likely N-dealkylation sites (N-methyl/N-ethyl adjacent to an activating group) is 1. The van der Waals surface area contributed by atoms with E-state index in [1.807, 2.05) is 54.6 Å². The standard InChI is InChI=1S/C24H23BrFN/c1-3-16-27(2)17-18-4-6-19(7-5-18)20-8-10-21(11-9-20)24(26)22-12-14-23(25)15-13-22/h3-15,24H,1,16-17H2,2H3. The average Bonchev–Trinajstić information content (AvgIpc) is 2.69.